The molecule has 6 heteroatoms. The first-order valence-electron chi connectivity index (χ1n) is 5.78. The van der Waals surface area contributed by atoms with Gasteiger partial charge in [-0.1, -0.05) is 11.6 Å². The van der Waals surface area contributed by atoms with Gasteiger partial charge in [-0.25, -0.2) is 0 Å². The Morgan fingerprint density at radius 3 is 3.00 bits per heavy atom. The van der Waals surface area contributed by atoms with Crippen molar-refractivity contribution in [3.8, 4) is 11.8 Å². The number of carbonyl (C=O) groups is 1. The number of benzene rings is 1. The summed E-state index contributed by atoms with van der Waals surface area (Å²) in [4.78, 5) is 11.4. The Balaban J connectivity index is 2.58. The molecule has 2 N–H and O–H groups in total. The molecule has 1 aromatic carbocycles. The van der Waals surface area contributed by atoms with E-state index in [2.05, 4.69) is 5.32 Å². The Labute approximate surface area is 116 Å². The number of aliphatic hydroxyl groups is 1. The quantitative estimate of drug-likeness (QED) is 0.780. The summed E-state index contributed by atoms with van der Waals surface area (Å²) < 4.78 is 5.33. The fourth-order valence-corrected chi connectivity index (χ4v) is 1.61. The summed E-state index contributed by atoms with van der Waals surface area (Å²) in [6, 6.07) is 6.74. The highest BCUT2D eigenvalue weighted by Crippen LogP contribution is 2.28. The van der Waals surface area contributed by atoms with Crippen LogP contribution in [0.3, 0.4) is 0 Å². The summed E-state index contributed by atoms with van der Waals surface area (Å²) in [6.07, 6.45) is -0.485. The van der Waals surface area contributed by atoms with Gasteiger partial charge in [0, 0.05) is 17.1 Å². The van der Waals surface area contributed by atoms with Gasteiger partial charge in [-0.2, -0.15) is 5.26 Å². The Morgan fingerprint density at radius 2 is 2.37 bits per heavy atom. The Bertz CT molecular complexity index is 483. The molecule has 0 aliphatic rings. The Morgan fingerprint density at radius 1 is 1.63 bits per heavy atom. The second kappa shape index (κ2) is 7.62. The van der Waals surface area contributed by atoms with Gasteiger partial charge in [0.15, 0.2) is 6.61 Å². The molecular weight excluding hydrogens is 268 g/mol. The third kappa shape index (κ3) is 5.16. The molecule has 0 bridgehead atoms. The summed E-state index contributed by atoms with van der Waals surface area (Å²) in [5, 5.41) is 21.0. The van der Waals surface area contributed by atoms with Crippen molar-refractivity contribution in [2.75, 3.05) is 13.2 Å². The van der Waals surface area contributed by atoms with Crippen molar-refractivity contribution in [3.63, 3.8) is 0 Å². The zero-order chi connectivity index (χ0) is 14.3. The second-order valence-corrected chi connectivity index (χ2v) is 4.34. The fraction of sp³-hybridized carbons (Fsp3) is 0.385. The molecule has 1 atom stereocenters. The smallest absolute Gasteiger partial charge is 0.257 e. The molecule has 1 rings (SSSR count). The molecule has 5 nitrogen and oxygen atoms in total. The van der Waals surface area contributed by atoms with E-state index in [9.17, 15) is 9.90 Å². The lowest BCUT2D eigenvalue weighted by Gasteiger charge is -2.13. The summed E-state index contributed by atoms with van der Waals surface area (Å²) >= 11 is 5.83. The molecule has 0 radical (unpaired) electrons. The highest BCUT2D eigenvalue weighted by Gasteiger charge is 2.11. The minimum Gasteiger partial charge on any atom is -0.483 e. The lowest BCUT2D eigenvalue weighted by atomic mass is 10.1. The predicted molar refractivity (Wildman–Crippen MR) is 70.8 cm³/mol. The molecule has 0 aliphatic heterocycles. The molecule has 1 aromatic rings. The van der Waals surface area contributed by atoms with Crippen LogP contribution >= 0.6 is 11.6 Å². The number of ether oxygens (including phenoxy) is 1. The molecule has 19 heavy (non-hydrogen) atoms. The van der Waals surface area contributed by atoms with E-state index in [1.165, 1.54) is 0 Å². The lowest BCUT2D eigenvalue weighted by Crippen LogP contribution is -2.29. The van der Waals surface area contributed by atoms with E-state index < -0.39 is 6.10 Å². The number of halogens is 1. The maximum absolute atomic E-state index is 11.4. The van der Waals surface area contributed by atoms with E-state index in [0.717, 1.165) is 0 Å². The molecule has 0 aromatic heterocycles. The number of hydrogen-bond donors (Lipinski definition) is 2. The van der Waals surface area contributed by atoms with Crippen LogP contribution in [-0.4, -0.2) is 24.2 Å². The van der Waals surface area contributed by atoms with Crippen molar-refractivity contribution in [3.05, 3.63) is 28.8 Å². The first-order valence-corrected chi connectivity index (χ1v) is 6.16. The Kier molecular flexibility index (Phi) is 6.13. The third-order valence-corrected chi connectivity index (χ3v) is 2.57. The first kappa shape index (κ1) is 15.3. The van der Waals surface area contributed by atoms with Crippen molar-refractivity contribution in [1.29, 1.82) is 5.26 Å². The van der Waals surface area contributed by atoms with Gasteiger partial charge < -0.3 is 15.2 Å². The average Bonchev–Trinajstić information content (AvgIpc) is 2.37. The van der Waals surface area contributed by atoms with Gasteiger partial charge in [0.2, 0.25) is 0 Å². The molecule has 0 saturated heterocycles. The number of nitriles is 1. The summed E-state index contributed by atoms with van der Waals surface area (Å²) in [5.74, 6) is 0.0941. The van der Waals surface area contributed by atoms with E-state index in [1.807, 2.05) is 6.07 Å². The highest BCUT2D eigenvalue weighted by molar-refractivity contribution is 6.30. The predicted octanol–water partition coefficient (Wildman–Crippen LogP) is 1.80. The van der Waals surface area contributed by atoms with Crippen molar-refractivity contribution >= 4 is 17.5 Å². The molecule has 0 fully saturated rings. The highest BCUT2D eigenvalue weighted by atomic mass is 35.5. The van der Waals surface area contributed by atoms with E-state index in [4.69, 9.17) is 21.6 Å². The maximum atomic E-state index is 11.4. The number of hydrogen-bond acceptors (Lipinski definition) is 4. The largest absolute Gasteiger partial charge is 0.483 e. The minimum atomic E-state index is -0.740. The number of carbonyl (C=O) groups excluding carboxylic acids is 1. The molecule has 1 amide bonds. The molecule has 0 aliphatic carbocycles. The van der Waals surface area contributed by atoms with Crippen LogP contribution < -0.4 is 10.1 Å². The van der Waals surface area contributed by atoms with Crippen LogP contribution in [-0.2, 0) is 4.79 Å². The SMILES string of the molecule is CC(O)c1cc(Cl)ccc1OCC(=O)NCCC#N. The van der Waals surface area contributed by atoms with Crippen molar-refractivity contribution in [1.82, 2.24) is 5.32 Å². The van der Waals surface area contributed by atoms with Crippen LogP contribution in [0.4, 0.5) is 0 Å². The number of aliphatic hydroxyl groups excluding tert-OH is 1. The van der Waals surface area contributed by atoms with E-state index in [-0.39, 0.29) is 18.9 Å². The molecule has 0 spiro atoms. The normalized spacial score (nSPS) is 11.5. The zero-order valence-electron chi connectivity index (χ0n) is 10.5. The van der Waals surface area contributed by atoms with Crippen LogP contribution in [0.2, 0.25) is 5.02 Å². The molecule has 0 saturated carbocycles. The second-order valence-electron chi connectivity index (χ2n) is 3.90. The van der Waals surface area contributed by atoms with Crippen molar-refractivity contribution in [2.24, 2.45) is 0 Å². The van der Waals surface area contributed by atoms with Crippen LogP contribution in [0.1, 0.15) is 25.0 Å². The topological polar surface area (TPSA) is 82.3 Å². The zero-order valence-corrected chi connectivity index (χ0v) is 11.3. The van der Waals surface area contributed by atoms with E-state index >= 15 is 0 Å². The number of nitrogens with one attached hydrogen (secondary N) is 1. The molecule has 1 unspecified atom stereocenters. The lowest BCUT2D eigenvalue weighted by molar-refractivity contribution is -0.123. The molecule has 0 heterocycles. The van der Waals surface area contributed by atoms with Crippen molar-refractivity contribution < 1.29 is 14.6 Å². The van der Waals surface area contributed by atoms with Gasteiger partial charge in [0.25, 0.3) is 5.91 Å². The standard InChI is InChI=1S/C13H15ClN2O3/c1-9(17)11-7-10(14)3-4-12(11)19-8-13(18)16-6-2-5-15/h3-4,7,9,17H,2,6,8H2,1H3,(H,16,18). The third-order valence-electron chi connectivity index (χ3n) is 2.34. The summed E-state index contributed by atoms with van der Waals surface area (Å²) in [7, 11) is 0. The summed E-state index contributed by atoms with van der Waals surface area (Å²) in [6.45, 7) is 1.71. The monoisotopic (exact) mass is 282 g/mol. The average molecular weight is 283 g/mol. The van der Waals surface area contributed by atoms with E-state index in [0.29, 0.717) is 22.9 Å². The van der Waals surface area contributed by atoms with Crippen LogP contribution in [0, 0.1) is 11.3 Å². The van der Waals surface area contributed by atoms with Crippen LogP contribution in [0.25, 0.3) is 0 Å². The number of rotatable bonds is 6. The number of amides is 1. The van der Waals surface area contributed by atoms with Gasteiger partial charge in [0.05, 0.1) is 18.6 Å². The van der Waals surface area contributed by atoms with Gasteiger partial charge in [-0.05, 0) is 25.1 Å². The molecular formula is C13H15ClN2O3. The van der Waals surface area contributed by atoms with E-state index in [1.54, 1.807) is 25.1 Å². The Hall–Kier alpha value is -1.77. The minimum absolute atomic E-state index is 0.174. The maximum Gasteiger partial charge on any atom is 0.257 e. The summed E-state index contributed by atoms with van der Waals surface area (Å²) in [5.41, 5.74) is 0.525. The van der Waals surface area contributed by atoms with Crippen LogP contribution in [0.5, 0.6) is 5.75 Å². The van der Waals surface area contributed by atoms with Crippen molar-refractivity contribution in [2.45, 2.75) is 19.4 Å². The van der Waals surface area contributed by atoms with Crippen LogP contribution in [0.15, 0.2) is 18.2 Å². The molecule has 102 valence electrons. The van der Waals surface area contributed by atoms with Gasteiger partial charge in [-0.15, -0.1) is 0 Å². The van der Waals surface area contributed by atoms with Gasteiger partial charge in [0.1, 0.15) is 5.75 Å². The van der Waals surface area contributed by atoms with Gasteiger partial charge in [-0.3, -0.25) is 4.79 Å². The number of nitrogens with zero attached hydrogens (tertiary/aromatic N) is 1. The van der Waals surface area contributed by atoms with Gasteiger partial charge >= 0.3 is 0 Å². The first-order chi connectivity index (χ1) is 9.04. The fourth-order valence-electron chi connectivity index (χ4n) is 1.43.